The zero-order valence-corrected chi connectivity index (χ0v) is 9.37. The molecule has 13 heavy (non-hydrogen) atoms. The topological polar surface area (TPSA) is 21.3 Å². The lowest BCUT2D eigenvalue weighted by molar-refractivity contribution is 0.145. The molecule has 0 saturated carbocycles. The summed E-state index contributed by atoms with van der Waals surface area (Å²) in [7, 11) is 0. The predicted octanol–water partition coefficient (Wildman–Crippen LogP) is 1.90. The molecule has 0 bridgehead atoms. The van der Waals surface area contributed by atoms with Crippen LogP contribution in [0.5, 0.6) is 0 Å². The van der Waals surface area contributed by atoms with E-state index in [4.69, 9.17) is 4.74 Å². The molecule has 1 aliphatic heterocycles. The van der Waals surface area contributed by atoms with Gasteiger partial charge in [-0.15, -0.1) is 0 Å². The predicted molar refractivity (Wildman–Crippen MR) is 59.5 cm³/mol. The fraction of sp³-hybridized carbons (Fsp3) is 1.00. The van der Waals surface area contributed by atoms with Gasteiger partial charge in [-0.05, 0) is 38.5 Å². The highest BCUT2D eigenvalue weighted by Crippen LogP contribution is 2.24. The summed E-state index contributed by atoms with van der Waals surface area (Å²) < 4.78 is 5.26. The van der Waals surface area contributed by atoms with Crippen LogP contribution in [0.25, 0.3) is 0 Å². The van der Waals surface area contributed by atoms with Crippen LogP contribution in [0.3, 0.4) is 0 Å². The van der Waals surface area contributed by atoms with E-state index in [9.17, 15) is 0 Å². The van der Waals surface area contributed by atoms with Crippen LogP contribution in [0.1, 0.15) is 26.2 Å². The van der Waals surface area contributed by atoms with E-state index in [0.29, 0.717) is 0 Å². The molecule has 1 fully saturated rings. The largest absolute Gasteiger partial charge is 0.382 e. The molecule has 0 amide bonds. The van der Waals surface area contributed by atoms with E-state index in [0.717, 1.165) is 31.4 Å². The fourth-order valence-corrected chi connectivity index (χ4v) is 2.75. The summed E-state index contributed by atoms with van der Waals surface area (Å²) in [5.41, 5.74) is 0. The molecule has 1 saturated heterocycles. The molecule has 3 heteroatoms. The third-order valence-corrected chi connectivity index (χ3v) is 3.64. The summed E-state index contributed by atoms with van der Waals surface area (Å²) in [6, 6.07) is 0. The van der Waals surface area contributed by atoms with Gasteiger partial charge in [0.2, 0.25) is 0 Å². The molecule has 0 aliphatic carbocycles. The Morgan fingerprint density at radius 3 is 3.15 bits per heavy atom. The van der Waals surface area contributed by atoms with Gasteiger partial charge in [0.25, 0.3) is 0 Å². The maximum Gasteiger partial charge on any atom is 0.0477 e. The molecule has 2 nitrogen and oxygen atoms in total. The van der Waals surface area contributed by atoms with E-state index < -0.39 is 0 Å². The van der Waals surface area contributed by atoms with Gasteiger partial charge in [-0.1, -0.05) is 0 Å². The maximum absolute atomic E-state index is 5.26. The molecule has 0 radical (unpaired) electrons. The van der Waals surface area contributed by atoms with Crippen LogP contribution >= 0.6 is 11.8 Å². The second-order valence-corrected chi connectivity index (χ2v) is 4.80. The lowest BCUT2D eigenvalue weighted by Gasteiger charge is -2.09. The van der Waals surface area contributed by atoms with Gasteiger partial charge in [-0.2, -0.15) is 11.8 Å². The van der Waals surface area contributed by atoms with Crippen molar-refractivity contribution in [3.63, 3.8) is 0 Å². The standard InChI is InChI=1S/C10H21NOS/c1-2-12-7-4-6-11-9-10-5-3-8-13-10/h10-11H,2-9H2,1H3. The van der Waals surface area contributed by atoms with Crippen LogP contribution in [0.2, 0.25) is 0 Å². The lowest BCUT2D eigenvalue weighted by Crippen LogP contribution is -2.24. The number of hydrogen-bond donors (Lipinski definition) is 1. The monoisotopic (exact) mass is 203 g/mol. The van der Waals surface area contributed by atoms with E-state index >= 15 is 0 Å². The van der Waals surface area contributed by atoms with E-state index in [1.807, 2.05) is 6.92 Å². The van der Waals surface area contributed by atoms with Gasteiger partial charge in [-0.3, -0.25) is 0 Å². The third-order valence-electron chi connectivity index (χ3n) is 2.24. The van der Waals surface area contributed by atoms with Crippen molar-refractivity contribution in [3.05, 3.63) is 0 Å². The SMILES string of the molecule is CCOCCCNCC1CCCS1. The van der Waals surface area contributed by atoms with Crippen molar-refractivity contribution in [2.45, 2.75) is 31.4 Å². The summed E-state index contributed by atoms with van der Waals surface area (Å²) in [5.74, 6) is 1.37. The minimum atomic E-state index is 0.846. The van der Waals surface area contributed by atoms with Crippen molar-refractivity contribution in [2.75, 3.05) is 32.1 Å². The highest BCUT2D eigenvalue weighted by Gasteiger charge is 2.14. The Hall–Kier alpha value is 0.270. The van der Waals surface area contributed by atoms with E-state index in [-0.39, 0.29) is 0 Å². The van der Waals surface area contributed by atoms with Crippen LogP contribution in [-0.4, -0.2) is 37.3 Å². The van der Waals surface area contributed by atoms with Gasteiger partial charge in [-0.25, -0.2) is 0 Å². The van der Waals surface area contributed by atoms with Crippen molar-refractivity contribution < 1.29 is 4.74 Å². The first-order valence-electron chi connectivity index (χ1n) is 5.33. The van der Waals surface area contributed by atoms with Gasteiger partial charge in [0, 0.05) is 25.0 Å². The van der Waals surface area contributed by atoms with Crippen molar-refractivity contribution in [1.29, 1.82) is 0 Å². The number of ether oxygens (including phenoxy) is 1. The zero-order chi connectivity index (χ0) is 9.36. The van der Waals surface area contributed by atoms with Crippen molar-refractivity contribution in [2.24, 2.45) is 0 Å². The summed E-state index contributed by atoms with van der Waals surface area (Å²) in [4.78, 5) is 0. The van der Waals surface area contributed by atoms with E-state index in [1.54, 1.807) is 0 Å². The quantitative estimate of drug-likeness (QED) is 0.639. The summed E-state index contributed by atoms with van der Waals surface area (Å²) in [5, 5.41) is 4.37. The Morgan fingerprint density at radius 2 is 2.46 bits per heavy atom. The Balaban J connectivity index is 1.78. The van der Waals surface area contributed by atoms with Gasteiger partial charge in [0.15, 0.2) is 0 Å². The second kappa shape index (κ2) is 7.65. The molecule has 1 atom stereocenters. The van der Waals surface area contributed by atoms with Crippen molar-refractivity contribution in [1.82, 2.24) is 5.32 Å². The molecule has 1 aliphatic rings. The molecular formula is C10H21NOS. The first kappa shape index (κ1) is 11.3. The second-order valence-electron chi connectivity index (χ2n) is 3.39. The lowest BCUT2D eigenvalue weighted by atomic mass is 10.2. The van der Waals surface area contributed by atoms with Crippen LogP contribution in [0.15, 0.2) is 0 Å². The maximum atomic E-state index is 5.26. The first-order valence-corrected chi connectivity index (χ1v) is 6.38. The highest BCUT2D eigenvalue weighted by atomic mass is 32.2. The van der Waals surface area contributed by atoms with Crippen LogP contribution in [0.4, 0.5) is 0 Å². The van der Waals surface area contributed by atoms with Gasteiger partial charge in [0.1, 0.15) is 0 Å². The van der Waals surface area contributed by atoms with Gasteiger partial charge in [0.05, 0.1) is 0 Å². The Labute approximate surface area is 85.8 Å². The molecule has 0 aromatic carbocycles. The Kier molecular flexibility index (Phi) is 6.68. The summed E-state index contributed by atoms with van der Waals surface area (Å²) in [6.07, 6.45) is 3.96. The van der Waals surface area contributed by atoms with Crippen molar-refractivity contribution >= 4 is 11.8 Å². The number of rotatable bonds is 7. The average Bonchev–Trinajstić information content (AvgIpc) is 2.63. The van der Waals surface area contributed by atoms with Crippen LogP contribution < -0.4 is 5.32 Å². The van der Waals surface area contributed by atoms with Crippen LogP contribution in [0, 0.1) is 0 Å². The fourth-order valence-electron chi connectivity index (χ4n) is 1.51. The van der Waals surface area contributed by atoms with E-state index in [2.05, 4.69) is 17.1 Å². The number of thioether (sulfide) groups is 1. The van der Waals surface area contributed by atoms with Crippen molar-refractivity contribution in [3.8, 4) is 0 Å². The third kappa shape index (κ3) is 5.55. The molecule has 1 heterocycles. The molecular weight excluding hydrogens is 182 g/mol. The molecule has 78 valence electrons. The minimum absolute atomic E-state index is 0.846. The molecule has 0 aromatic heterocycles. The normalized spacial score (nSPS) is 22.4. The number of hydrogen-bond acceptors (Lipinski definition) is 3. The molecule has 0 aromatic rings. The Morgan fingerprint density at radius 1 is 1.54 bits per heavy atom. The Bertz CT molecular complexity index is 115. The zero-order valence-electron chi connectivity index (χ0n) is 8.55. The number of nitrogens with one attached hydrogen (secondary N) is 1. The first-order chi connectivity index (χ1) is 6.43. The van der Waals surface area contributed by atoms with Gasteiger partial charge >= 0.3 is 0 Å². The van der Waals surface area contributed by atoms with E-state index in [1.165, 1.54) is 25.1 Å². The minimum Gasteiger partial charge on any atom is -0.382 e. The van der Waals surface area contributed by atoms with Gasteiger partial charge < -0.3 is 10.1 Å². The smallest absolute Gasteiger partial charge is 0.0477 e. The highest BCUT2D eigenvalue weighted by molar-refractivity contribution is 8.00. The molecule has 0 spiro atoms. The molecule has 1 unspecified atom stereocenters. The molecule has 1 N–H and O–H groups in total. The van der Waals surface area contributed by atoms with Crippen LogP contribution in [-0.2, 0) is 4.74 Å². The summed E-state index contributed by atoms with van der Waals surface area (Å²) in [6.45, 7) is 6.09. The average molecular weight is 203 g/mol. The summed E-state index contributed by atoms with van der Waals surface area (Å²) >= 11 is 2.12. The molecule has 1 rings (SSSR count).